The van der Waals surface area contributed by atoms with Gasteiger partial charge in [0.15, 0.2) is 0 Å². The average molecular weight is 367 g/mol. The van der Waals surface area contributed by atoms with Crippen LogP contribution in [0, 0.1) is 0 Å². The zero-order valence-electron chi connectivity index (χ0n) is 15.3. The zero-order chi connectivity index (χ0) is 18.7. The molecule has 142 valence electrons. The Bertz CT molecular complexity index is 838. The lowest BCUT2D eigenvalue weighted by atomic mass is 9.87. The molecule has 2 heterocycles. The number of hydrogen-bond acceptors (Lipinski definition) is 7. The molecule has 4 N–H and O–H groups in total. The molecule has 2 aromatic rings. The molecule has 0 saturated heterocycles. The van der Waals surface area contributed by atoms with Gasteiger partial charge in [0, 0.05) is 12.4 Å². The summed E-state index contributed by atoms with van der Waals surface area (Å²) >= 11 is 0. The molecule has 0 unspecified atom stereocenters. The average Bonchev–Trinajstić information content (AvgIpc) is 3.16. The highest BCUT2D eigenvalue weighted by Crippen LogP contribution is 2.42. The number of ether oxygens (including phenoxy) is 1. The van der Waals surface area contributed by atoms with Crippen LogP contribution in [-0.2, 0) is 6.54 Å². The highest BCUT2D eigenvalue weighted by atomic mass is 16.5. The molecule has 0 radical (unpaired) electrons. The van der Waals surface area contributed by atoms with E-state index in [4.69, 9.17) is 21.2 Å². The van der Waals surface area contributed by atoms with Crippen LogP contribution in [0.4, 0.5) is 5.69 Å². The van der Waals surface area contributed by atoms with Crippen molar-refractivity contribution in [2.24, 2.45) is 21.5 Å². The van der Waals surface area contributed by atoms with Gasteiger partial charge in [-0.05, 0) is 43.9 Å². The van der Waals surface area contributed by atoms with Crippen LogP contribution in [0.2, 0.25) is 0 Å². The van der Waals surface area contributed by atoms with Gasteiger partial charge >= 0.3 is 0 Å². The number of hydrogen-bond donors (Lipinski definition) is 2. The van der Waals surface area contributed by atoms with Crippen LogP contribution in [0.3, 0.4) is 0 Å². The largest absolute Gasteiger partial charge is 0.489 e. The van der Waals surface area contributed by atoms with Crippen LogP contribution < -0.4 is 21.1 Å². The van der Waals surface area contributed by atoms with Crippen LogP contribution in [0.1, 0.15) is 32.1 Å². The normalized spacial score (nSPS) is 18.9. The number of benzene rings is 1. The molecule has 27 heavy (non-hydrogen) atoms. The molecule has 8 heteroatoms. The second-order valence-electron chi connectivity index (χ2n) is 6.90. The van der Waals surface area contributed by atoms with E-state index in [2.05, 4.69) is 10.1 Å². The van der Waals surface area contributed by atoms with E-state index in [9.17, 15) is 0 Å². The quantitative estimate of drug-likeness (QED) is 0.841. The number of nitrogens with zero attached hydrogens (tertiary/aromatic N) is 5. The molecule has 1 saturated carbocycles. The second-order valence-corrected chi connectivity index (χ2v) is 6.90. The molecule has 1 aliphatic heterocycles. The van der Waals surface area contributed by atoms with Crippen molar-refractivity contribution in [2.75, 3.05) is 11.5 Å². The predicted octanol–water partition coefficient (Wildman–Crippen LogP) is 2.07. The lowest BCUT2D eigenvalue weighted by molar-refractivity contribution is 0.282. The lowest BCUT2D eigenvalue weighted by Gasteiger charge is -2.45. The minimum atomic E-state index is -0.477. The summed E-state index contributed by atoms with van der Waals surface area (Å²) in [7, 11) is 0. The number of aromatic nitrogens is 2. The first-order chi connectivity index (χ1) is 13.2. The van der Waals surface area contributed by atoms with Crippen molar-refractivity contribution in [1.29, 1.82) is 0 Å². The molecule has 0 bridgehead atoms. The number of para-hydroxylation sites is 2. The standard InChI is InChI=1S/C19H25N7O/c20-17-23-18(21)26(19(24-17)9-4-1-5-10-19)15-7-2-3-8-16(15)27-14-13-25-12-6-11-22-25/h2-3,6-8,11-12H,1,4-5,9-10,13-14H2,(H4,20,21,23,24). The summed E-state index contributed by atoms with van der Waals surface area (Å²) in [5, 5.41) is 4.20. The Morgan fingerprint density at radius 2 is 1.89 bits per heavy atom. The monoisotopic (exact) mass is 367 g/mol. The van der Waals surface area contributed by atoms with Gasteiger partial charge in [-0.15, -0.1) is 0 Å². The summed E-state index contributed by atoms with van der Waals surface area (Å²) in [5.74, 6) is 1.37. The Morgan fingerprint density at radius 1 is 1.07 bits per heavy atom. The molecule has 1 aliphatic carbocycles. The van der Waals surface area contributed by atoms with Gasteiger partial charge in [0.1, 0.15) is 18.0 Å². The van der Waals surface area contributed by atoms with Crippen molar-refractivity contribution in [2.45, 2.75) is 44.3 Å². The zero-order valence-corrected chi connectivity index (χ0v) is 15.3. The molecule has 1 aromatic heterocycles. The Balaban J connectivity index is 1.62. The van der Waals surface area contributed by atoms with Gasteiger partial charge in [0.25, 0.3) is 0 Å². The van der Waals surface area contributed by atoms with Crippen molar-refractivity contribution < 1.29 is 4.74 Å². The fourth-order valence-corrected chi connectivity index (χ4v) is 3.92. The smallest absolute Gasteiger partial charge is 0.220 e. The Labute approximate surface area is 158 Å². The molecule has 1 fully saturated rings. The van der Waals surface area contributed by atoms with E-state index in [1.807, 2.05) is 46.1 Å². The van der Waals surface area contributed by atoms with E-state index >= 15 is 0 Å². The number of guanidine groups is 2. The Kier molecular flexibility index (Phi) is 4.70. The van der Waals surface area contributed by atoms with E-state index in [0.29, 0.717) is 19.1 Å². The summed E-state index contributed by atoms with van der Waals surface area (Å²) in [6.45, 7) is 1.17. The third-order valence-corrected chi connectivity index (χ3v) is 5.09. The van der Waals surface area contributed by atoms with Gasteiger partial charge < -0.3 is 16.2 Å². The molecule has 1 spiro atoms. The summed E-state index contributed by atoms with van der Waals surface area (Å²) in [6.07, 6.45) is 8.83. The predicted molar refractivity (Wildman–Crippen MR) is 106 cm³/mol. The topological polar surface area (TPSA) is 107 Å². The number of nitrogens with two attached hydrogens (primary N) is 2. The van der Waals surface area contributed by atoms with Crippen molar-refractivity contribution in [3.8, 4) is 5.75 Å². The van der Waals surface area contributed by atoms with E-state index in [1.54, 1.807) is 6.20 Å². The fourth-order valence-electron chi connectivity index (χ4n) is 3.92. The second kappa shape index (κ2) is 7.30. The third kappa shape index (κ3) is 3.47. The first kappa shape index (κ1) is 17.4. The van der Waals surface area contributed by atoms with Crippen LogP contribution in [0.5, 0.6) is 5.75 Å². The summed E-state index contributed by atoms with van der Waals surface area (Å²) in [5.41, 5.74) is 12.7. The van der Waals surface area contributed by atoms with Crippen molar-refractivity contribution in [1.82, 2.24) is 9.78 Å². The van der Waals surface area contributed by atoms with Gasteiger partial charge in [0.2, 0.25) is 11.9 Å². The molecular formula is C19H25N7O. The Morgan fingerprint density at radius 3 is 2.67 bits per heavy atom. The van der Waals surface area contributed by atoms with Gasteiger partial charge in [-0.3, -0.25) is 9.58 Å². The summed E-state index contributed by atoms with van der Waals surface area (Å²) in [4.78, 5) is 11.0. The first-order valence-electron chi connectivity index (χ1n) is 9.37. The number of aliphatic imine (C=N–C) groups is 2. The fraction of sp³-hybridized carbons (Fsp3) is 0.421. The number of rotatable bonds is 5. The first-order valence-corrected chi connectivity index (χ1v) is 9.37. The van der Waals surface area contributed by atoms with Crippen LogP contribution in [-0.4, -0.2) is 34.0 Å². The minimum Gasteiger partial charge on any atom is -0.489 e. The van der Waals surface area contributed by atoms with Crippen LogP contribution in [0.25, 0.3) is 0 Å². The minimum absolute atomic E-state index is 0.253. The molecule has 0 amide bonds. The highest BCUT2D eigenvalue weighted by molar-refractivity contribution is 6.06. The molecule has 4 rings (SSSR count). The van der Waals surface area contributed by atoms with Gasteiger partial charge in [-0.1, -0.05) is 18.6 Å². The van der Waals surface area contributed by atoms with Crippen molar-refractivity contribution in [3.05, 3.63) is 42.7 Å². The summed E-state index contributed by atoms with van der Waals surface area (Å²) < 4.78 is 7.92. The maximum atomic E-state index is 6.33. The van der Waals surface area contributed by atoms with Gasteiger partial charge in [0.05, 0.1) is 12.2 Å². The highest BCUT2D eigenvalue weighted by Gasteiger charge is 2.43. The van der Waals surface area contributed by atoms with Crippen LogP contribution in [0.15, 0.2) is 52.7 Å². The molecule has 2 aliphatic rings. The van der Waals surface area contributed by atoms with Gasteiger partial charge in [-0.25, -0.2) is 4.99 Å². The SMILES string of the molecule is NC1=NC2(CCCCC2)N(c2ccccc2OCCn2cccn2)C(N)=N1. The maximum Gasteiger partial charge on any atom is 0.220 e. The molecule has 1 aromatic carbocycles. The molecule has 8 nitrogen and oxygen atoms in total. The van der Waals surface area contributed by atoms with Crippen molar-refractivity contribution >= 4 is 17.6 Å². The number of anilines is 1. The van der Waals surface area contributed by atoms with Crippen molar-refractivity contribution in [3.63, 3.8) is 0 Å². The van der Waals surface area contributed by atoms with Gasteiger partial charge in [-0.2, -0.15) is 10.1 Å². The third-order valence-electron chi connectivity index (χ3n) is 5.09. The Hall–Kier alpha value is -3.03. The lowest BCUT2D eigenvalue weighted by Crippen LogP contribution is -2.58. The van der Waals surface area contributed by atoms with Crippen LogP contribution >= 0.6 is 0 Å². The molecular weight excluding hydrogens is 342 g/mol. The van der Waals surface area contributed by atoms with E-state index in [-0.39, 0.29) is 5.96 Å². The van der Waals surface area contributed by atoms with E-state index in [1.165, 1.54) is 6.42 Å². The molecule has 0 atom stereocenters. The van der Waals surface area contributed by atoms with E-state index < -0.39 is 5.66 Å². The maximum absolute atomic E-state index is 6.33. The van der Waals surface area contributed by atoms with E-state index in [0.717, 1.165) is 37.1 Å². The summed E-state index contributed by atoms with van der Waals surface area (Å²) in [6, 6.07) is 9.77.